The maximum absolute atomic E-state index is 13.0. The standard InChI is InChI=1S/C24H17Cl2N3O2S/c25-20-7-4-8-21(26)19(20)15-22(29-23(30)16-5-2-1-3-6-16)24(31)28-17-9-11-18(12-10-17)32-14-13-27/h1-12,15H,14H2,(H,28,31)(H,29,30)/b22-15-. The summed E-state index contributed by atoms with van der Waals surface area (Å²) in [5.74, 6) is -0.649. The minimum Gasteiger partial charge on any atom is -0.321 e. The molecular formula is C24H17Cl2N3O2S. The van der Waals surface area contributed by atoms with E-state index in [2.05, 4.69) is 16.7 Å². The highest BCUT2D eigenvalue weighted by Crippen LogP contribution is 2.27. The van der Waals surface area contributed by atoms with Gasteiger partial charge in [-0.05, 0) is 54.6 Å². The lowest BCUT2D eigenvalue weighted by molar-refractivity contribution is -0.113. The van der Waals surface area contributed by atoms with E-state index >= 15 is 0 Å². The second-order valence-corrected chi connectivity index (χ2v) is 8.30. The highest BCUT2D eigenvalue weighted by atomic mass is 35.5. The zero-order chi connectivity index (χ0) is 22.9. The molecule has 0 saturated carbocycles. The van der Waals surface area contributed by atoms with Crippen LogP contribution in [0.1, 0.15) is 15.9 Å². The van der Waals surface area contributed by atoms with Crippen LogP contribution in [0.4, 0.5) is 5.69 Å². The molecule has 3 aromatic carbocycles. The Morgan fingerprint density at radius 3 is 2.22 bits per heavy atom. The maximum Gasteiger partial charge on any atom is 0.272 e. The molecule has 2 N–H and O–H groups in total. The van der Waals surface area contributed by atoms with E-state index in [9.17, 15) is 9.59 Å². The van der Waals surface area contributed by atoms with Crippen LogP contribution in [-0.2, 0) is 4.79 Å². The Morgan fingerprint density at radius 1 is 0.938 bits per heavy atom. The molecule has 8 heteroatoms. The molecule has 0 radical (unpaired) electrons. The Kier molecular flexibility index (Phi) is 8.34. The van der Waals surface area contributed by atoms with Crippen molar-refractivity contribution in [2.24, 2.45) is 0 Å². The van der Waals surface area contributed by atoms with E-state index in [1.54, 1.807) is 72.8 Å². The van der Waals surface area contributed by atoms with Gasteiger partial charge in [-0.15, -0.1) is 11.8 Å². The third-order valence-electron chi connectivity index (χ3n) is 4.23. The van der Waals surface area contributed by atoms with Gasteiger partial charge in [-0.2, -0.15) is 5.26 Å². The largest absolute Gasteiger partial charge is 0.321 e. The summed E-state index contributed by atoms with van der Waals surface area (Å²) < 4.78 is 0. The average molecular weight is 482 g/mol. The maximum atomic E-state index is 13.0. The van der Waals surface area contributed by atoms with Crippen molar-refractivity contribution < 1.29 is 9.59 Å². The molecular weight excluding hydrogens is 465 g/mol. The summed E-state index contributed by atoms with van der Waals surface area (Å²) in [5, 5.41) is 14.8. The first-order valence-electron chi connectivity index (χ1n) is 9.41. The lowest BCUT2D eigenvalue weighted by Gasteiger charge is -2.12. The smallest absolute Gasteiger partial charge is 0.272 e. The Labute approximate surface area is 200 Å². The highest BCUT2D eigenvalue weighted by Gasteiger charge is 2.16. The number of amides is 2. The minimum absolute atomic E-state index is 0.0169. The molecule has 0 aliphatic heterocycles. The molecule has 0 unspecified atom stereocenters. The van der Waals surface area contributed by atoms with E-state index in [0.717, 1.165) is 4.90 Å². The van der Waals surface area contributed by atoms with Crippen LogP contribution in [0.2, 0.25) is 10.0 Å². The van der Waals surface area contributed by atoms with Crippen LogP contribution in [0.15, 0.2) is 83.4 Å². The zero-order valence-corrected chi connectivity index (χ0v) is 19.0. The average Bonchev–Trinajstić information content (AvgIpc) is 2.80. The molecule has 32 heavy (non-hydrogen) atoms. The molecule has 3 aromatic rings. The molecule has 0 saturated heterocycles. The van der Waals surface area contributed by atoms with Crippen LogP contribution in [0.3, 0.4) is 0 Å². The van der Waals surface area contributed by atoms with Crippen molar-refractivity contribution in [1.82, 2.24) is 5.32 Å². The third-order valence-corrected chi connectivity index (χ3v) is 5.77. The van der Waals surface area contributed by atoms with Crippen LogP contribution in [0.25, 0.3) is 6.08 Å². The van der Waals surface area contributed by atoms with Crippen molar-refractivity contribution in [2.75, 3.05) is 11.1 Å². The third kappa shape index (κ3) is 6.38. The summed E-state index contributed by atoms with van der Waals surface area (Å²) in [6.07, 6.45) is 1.44. The van der Waals surface area contributed by atoms with Crippen LogP contribution in [0.5, 0.6) is 0 Å². The molecule has 5 nitrogen and oxygen atoms in total. The van der Waals surface area contributed by atoms with Gasteiger partial charge in [-0.1, -0.05) is 47.5 Å². The molecule has 0 aromatic heterocycles. The monoisotopic (exact) mass is 481 g/mol. The first-order valence-corrected chi connectivity index (χ1v) is 11.2. The lowest BCUT2D eigenvalue weighted by atomic mass is 10.1. The van der Waals surface area contributed by atoms with Gasteiger partial charge in [0, 0.05) is 31.8 Å². The van der Waals surface area contributed by atoms with Gasteiger partial charge in [0.25, 0.3) is 11.8 Å². The molecule has 2 amide bonds. The fraction of sp³-hybridized carbons (Fsp3) is 0.0417. The molecule has 0 spiro atoms. The van der Waals surface area contributed by atoms with Crippen molar-refractivity contribution in [3.8, 4) is 6.07 Å². The van der Waals surface area contributed by atoms with Crippen molar-refractivity contribution in [3.05, 3.63) is 99.7 Å². The number of nitrogens with one attached hydrogen (secondary N) is 2. The summed E-state index contributed by atoms with van der Waals surface area (Å²) in [6, 6.07) is 22.6. The van der Waals surface area contributed by atoms with Gasteiger partial charge < -0.3 is 10.6 Å². The lowest BCUT2D eigenvalue weighted by Crippen LogP contribution is -2.30. The summed E-state index contributed by atoms with van der Waals surface area (Å²) in [4.78, 5) is 26.6. The quantitative estimate of drug-likeness (QED) is 0.319. The van der Waals surface area contributed by atoms with Gasteiger partial charge in [0.05, 0.1) is 11.8 Å². The zero-order valence-electron chi connectivity index (χ0n) is 16.6. The summed E-state index contributed by atoms with van der Waals surface area (Å²) in [6.45, 7) is 0. The number of carbonyl (C=O) groups excluding carboxylic acids is 2. The van der Waals surface area contributed by atoms with E-state index < -0.39 is 11.8 Å². The number of benzene rings is 3. The first kappa shape index (κ1) is 23.4. The molecule has 160 valence electrons. The number of nitrogens with zero attached hydrogens (tertiary/aromatic N) is 1. The number of thioether (sulfide) groups is 1. The van der Waals surface area contributed by atoms with Gasteiger partial charge >= 0.3 is 0 Å². The van der Waals surface area contributed by atoms with Crippen molar-refractivity contribution >= 4 is 58.5 Å². The number of carbonyl (C=O) groups is 2. The number of hydrogen-bond acceptors (Lipinski definition) is 4. The van der Waals surface area contributed by atoms with E-state index in [1.807, 2.05) is 0 Å². The predicted molar refractivity (Wildman–Crippen MR) is 130 cm³/mol. The normalized spacial score (nSPS) is 10.8. The van der Waals surface area contributed by atoms with E-state index in [4.69, 9.17) is 28.5 Å². The Morgan fingerprint density at radius 2 is 1.59 bits per heavy atom. The van der Waals surface area contributed by atoms with Crippen molar-refractivity contribution in [2.45, 2.75) is 4.90 Å². The molecule has 0 bridgehead atoms. The van der Waals surface area contributed by atoms with Gasteiger partial charge in [-0.25, -0.2) is 0 Å². The second-order valence-electron chi connectivity index (χ2n) is 6.44. The van der Waals surface area contributed by atoms with Gasteiger partial charge in [0.15, 0.2) is 0 Å². The van der Waals surface area contributed by atoms with Crippen molar-refractivity contribution in [3.63, 3.8) is 0 Å². The van der Waals surface area contributed by atoms with Crippen LogP contribution in [-0.4, -0.2) is 17.6 Å². The van der Waals surface area contributed by atoms with E-state index in [1.165, 1.54) is 17.8 Å². The number of hydrogen-bond donors (Lipinski definition) is 2. The Balaban J connectivity index is 1.87. The highest BCUT2D eigenvalue weighted by molar-refractivity contribution is 7.99. The van der Waals surface area contributed by atoms with E-state index in [0.29, 0.717) is 32.6 Å². The van der Waals surface area contributed by atoms with Gasteiger partial charge in [-0.3, -0.25) is 9.59 Å². The van der Waals surface area contributed by atoms with Crippen LogP contribution >= 0.6 is 35.0 Å². The van der Waals surface area contributed by atoms with E-state index in [-0.39, 0.29) is 5.70 Å². The number of anilines is 1. The molecule has 0 atom stereocenters. The molecule has 3 rings (SSSR count). The fourth-order valence-electron chi connectivity index (χ4n) is 2.68. The summed E-state index contributed by atoms with van der Waals surface area (Å²) >= 11 is 13.9. The molecule has 0 heterocycles. The number of halogens is 2. The minimum atomic E-state index is -0.539. The SMILES string of the molecule is N#CCSc1ccc(NC(=O)/C(=C/c2c(Cl)cccc2Cl)NC(=O)c2ccccc2)cc1. The van der Waals surface area contributed by atoms with Gasteiger partial charge in [0.2, 0.25) is 0 Å². The number of nitriles is 1. The topological polar surface area (TPSA) is 82.0 Å². The van der Waals surface area contributed by atoms with Crippen LogP contribution < -0.4 is 10.6 Å². The Hall–Kier alpha value is -3.24. The molecule has 0 aliphatic rings. The molecule has 0 fully saturated rings. The number of rotatable bonds is 7. The Bertz CT molecular complexity index is 1170. The summed E-state index contributed by atoms with van der Waals surface area (Å²) in [7, 11) is 0. The summed E-state index contributed by atoms with van der Waals surface area (Å²) in [5.41, 5.74) is 1.33. The van der Waals surface area contributed by atoms with Crippen molar-refractivity contribution in [1.29, 1.82) is 5.26 Å². The molecule has 0 aliphatic carbocycles. The fourth-order valence-corrected chi connectivity index (χ4v) is 3.75. The first-order chi connectivity index (χ1) is 15.5. The van der Waals surface area contributed by atoms with Gasteiger partial charge in [0.1, 0.15) is 5.70 Å². The second kappa shape index (κ2) is 11.4. The predicted octanol–water partition coefficient (Wildman–Crippen LogP) is 6.02. The van der Waals surface area contributed by atoms with Crippen LogP contribution in [0, 0.1) is 11.3 Å².